The molecule has 3 aromatic rings. The number of imide groups is 1. The maximum absolute atomic E-state index is 13.8. The lowest BCUT2D eigenvalue weighted by Crippen LogP contribution is -2.68. The lowest BCUT2D eigenvalue weighted by molar-refractivity contribution is -0.132. The number of phenolic OH excluding ortho intramolecular Hbond substituents is 2. The van der Waals surface area contributed by atoms with Gasteiger partial charge in [-0.2, -0.15) is 5.26 Å². The molecule has 2 bridgehead atoms. The van der Waals surface area contributed by atoms with Crippen LogP contribution in [0, 0.1) is 25.2 Å². The Morgan fingerprint density at radius 1 is 0.959 bits per heavy atom. The molecule has 2 N–H and O–H groups in total. The van der Waals surface area contributed by atoms with E-state index in [1.54, 1.807) is 38.1 Å². The molecule has 1 fully saturated rings. The highest BCUT2D eigenvalue weighted by atomic mass is 16.7. The van der Waals surface area contributed by atoms with Crippen molar-refractivity contribution in [2.75, 3.05) is 27.5 Å². The number of ether oxygens (including phenoxy) is 4. The average Bonchev–Trinajstić information content (AvgIpc) is 3.66. The Balaban J connectivity index is 1.39. The van der Waals surface area contributed by atoms with Gasteiger partial charge in [0.15, 0.2) is 23.0 Å². The van der Waals surface area contributed by atoms with E-state index in [0.29, 0.717) is 56.0 Å². The van der Waals surface area contributed by atoms with Gasteiger partial charge in [-0.05, 0) is 45.9 Å². The first kappa shape index (κ1) is 31.0. The number of fused-ring (bicyclic) bond motifs is 10. The van der Waals surface area contributed by atoms with E-state index in [1.807, 2.05) is 16.8 Å². The monoisotopic (exact) mass is 666 g/mol. The van der Waals surface area contributed by atoms with E-state index in [2.05, 4.69) is 6.07 Å². The zero-order valence-corrected chi connectivity index (χ0v) is 27.6. The number of amides is 2. The van der Waals surface area contributed by atoms with E-state index >= 15 is 0 Å². The number of rotatable bonds is 4. The quantitative estimate of drug-likeness (QED) is 0.181. The van der Waals surface area contributed by atoms with Crippen LogP contribution in [0.15, 0.2) is 24.3 Å². The fourth-order valence-electron chi connectivity index (χ4n) is 8.91. The number of likely N-dealkylation sites (N-methyl/N-ethyl adjacent to an activating group) is 1. The average molecular weight is 667 g/mol. The van der Waals surface area contributed by atoms with Gasteiger partial charge in [0.1, 0.15) is 17.5 Å². The summed E-state index contributed by atoms with van der Waals surface area (Å²) in [4.78, 5) is 45.4. The van der Waals surface area contributed by atoms with E-state index in [4.69, 9.17) is 18.9 Å². The van der Waals surface area contributed by atoms with Crippen LogP contribution in [0.3, 0.4) is 0 Å². The first-order valence-corrected chi connectivity index (χ1v) is 16.1. The van der Waals surface area contributed by atoms with Crippen LogP contribution < -0.4 is 18.9 Å². The lowest BCUT2D eigenvalue weighted by Gasteiger charge is -2.60. The molecule has 13 heteroatoms. The van der Waals surface area contributed by atoms with E-state index in [-0.39, 0.29) is 49.2 Å². The molecular formula is C36H34N4O9. The van der Waals surface area contributed by atoms with Crippen molar-refractivity contribution in [1.29, 1.82) is 5.26 Å². The Labute approximate surface area is 281 Å². The number of carbonyl (C=O) groups is 3. The molecule has 5 aliphatic rings. The Morgan fingerprint density at radius 3 is 2.24 bits per heavy atom. The van der Waals surface area contributed by atoms with Crippen molar-refractivity contribution in [1.82, 2.24) is 14.7 Å². The molecule has 0 aromatic heterocycles. The number of hydrogen-bond donors (Lipinski definition) is 2. The second kappa shape index (κ2) is 10.8. The molecular weight excluding hydrogens is 632 g/mol. The van der Waals surface area contributed by atoms with Crippen LogP contribution in [0.1, 0.15) is 73.1 Å². The lowest BCUT2D eigenvalue weighted by atomic mass is 9.71. The van der Waals surface area contributed by atoms with Gasteiger partial charge in [0, 0.05) is 58.9 Å². The SMILES string of the molecule is COc1c(C)c(O)c2c(c1O)[C@@H]1[C@@H]3Cc4c(OC(C)=O)c(C)c5c(c4[C@H](CN4C(=O)c6ccccc6C4=O)N3[C@@H](C#N)[C@@H](C2)N1C)OCO5. The van der Waals surface area contributed by atoms with Crippen molar-refractivity contribution in [3.63, 3.8) is 0 Å². The summed E-state index contributed by atoms with van der Waals surface area (Å²) in [7, 11) is 3.31. The van der Waals surface area contributed by atoms with Gasteiger partial charge in [-0.3, -0.25) is 29.1 Å². The molecule has 5 heterocycles. The number of hydrogen-bond acceptors (Lipinski definition) is 12. The van der Waals surface area contributed by atoms with Gasteiger partial charge in [0.05, 0.1) is 36.4 Å². The second-order valence-electron chi connectivity index (χ2n) is 13.2. The molecule has 0 unspecified atom stereocenters. The minimum absolute atomic E-state index is 0.00325. The Kier molecular flexibility index (Phi) is 6.86. The molecule has 252 valence electrons. The first-order chi connectivity index (χ1) is 23.5. The van der Waals surface area contributed by atoms with Gasteiger partial charge in [-0.1, -0.05) is 12.1 Å². The van der Waals surface area contributed by atoms with Gasteiger partial charge < -0.3 is 29.2 Å². The number of aromatic hydroxyl groups is 2. The van der Waals surface area contributed by atoms with Crippen molar-refractivity contribution in [2.24, 2.45) is 0 Å². The Hall–Kier alpha value is -5.32. The number of carbonyl (C=O) groups excluding carboxylic acids is 3. The van der Waals surface area contributed by atoms with E-state index in [9.17, 15) is 29.9 Å². The largest absolute Gasteiger partial charge is 0.507 e. The number of nitriles is 1. The third-order valence-electron chi connectivity index (χ3n) is 10.9. The smallest absolute Gasteiger partial charge is 0.308 e. The highest BCUT2D eigenvalue weighted by Crippen LogP contribution is 2.59. The zero-order chi connectivity index (χ0) is 34.6. The van der Waals surface area contributed by atoms with Crippen LogP contribution >= 0.6 is 0 Å². The first-order valence-electron chi connectivity index (χ1n) is 16.1. The van der Waals surface area contributed by atoms with Crippen LogP contribution in [-0.4, -0.2) is 88.3 Å². The summed E-state index contributed by atoms with van der Waals surface area (Å²) in [6.45, 7) is 4.51. The fraction of sp³-hybridized carbons (Fsp3) is 0.389. The third kappa shape index (κ3) is 4.07. The standard InChI is InChI=1S/C36H34N4O9/c1-15-29(42)20-10-22-24(12-37)40-23(28(38(22)4)27(20)30(43)32(15)46-5)11-21-26(34-33(47-14-48-34)16(2)31(21)49-17(3)41)25(40)13-39-35(44)18-8-6-7-9-19(18)36(39)45/h6-9,22-25,28,42-43H,10-11,13-14H2,1-5H3/t22-,23+,24+,25+,28+/m1/s1. The van der Waals surface area contributed by atoms with Crippen molar-refractivity contribution in [3.8, 4) is 40.6 Å². The van der Waals surface area contributed by atoms with Gasteiger partial charge in [0.25, 0.3) is 11.8 Å². The number of nitrogens with zero attached hydrogens (tertiary/aromatic N) is 4. The summed E-state index contributed by atoms with van der Waals surface area (Å²) in [6, 6.07) is 5.92. The molecule has 5 aliphatic heterocycles. The normalized spacial score (nSPS) is 24.9. The van der Waals surface area contributed by atoms with E-state index in [0.717, 1.165) is 0 Å². The van der Waals surface area contributed by atoms with Gasteiger partial charge in [0.2, 0.25) is 6.79 Å². The number of esters is 1. The zero-order valence-electron chi connectivity index (χ0n) is 27.6. The number of piperazine rings is 1. The minimum atomic E-state index is -0.811. The molecule has 3 aromatic carbocycles. The third-order valence-corrected chi connectivity index (χ3v) is 10.9. The predicted octanol–water partition coefficient (Wildman–Crippen LogP) is 3.44. The molecule has 49 heavy (non-hydrogen) atoms. The van der Waals surface area contributed by atoms with Crippen LogP contribution in [0.25, 0.3) is 0 Å². The molecule has 8 rings (SSSR count). The van der Waals surface area contributed by atoms with Gasteiger partial charge >= 0.3 is 5.97 Å². The molecule has 5 atom stereocenters. The fourth-order valence-corrected chi connectivity index (χ4v) is 8.91. The summed E-state index contributed by atoms with van der Waals surface area (Å²) in [5.74, 6) is -0.357. The number of methoxy groups -OCH3 is 1. The predicted molar refractivity (Wildman–Crippen MR) is 171 cm³/mol. The van der Waals surface area contributed by atoms with Crippen LogP contribution in [0.2, 0.25) is 0 Å². The number of phenols is 2. The minimum Gasteiger partial charge on any atom is -0.507 e. The summed E-state index contributed by atoms with van der Waals surface area (Å²) >= 11 is 0. The van der Waals surface area contributed by atoms with Crippen LogP contribution in [0.4, 0.5) is 0 Å². The van der Waals surface area contributed by atoms with Crippen molar-refractivity contribution < 1.29 is 43.5 Å². The molecule has 0 saturated carbocycles. The summed E-state index contributed by atoms with van der Waals surface area (Å²) < 4.78 is 23.4. The molecule has 0 radical (unpaired) electrons. The Morgan fingerprint density at radius 2 is 1.61 bits per heavy atom. The topological polar surface area (TPSA) is 162 Å². The summed E-state index contributed by atoms with van der Waals surface area (Å²) in [5.41, 5.74) is 3.71. The van der Waals surface area contributed by atoms with Gasteiger partial charge in [-0.15, -0.1) is 0 Å². The molecule has 2 amide bonds. The van der Waals surface area contributed by atoms with E-state index < -0.39 is 48.0 Å². The maximum Gasteiger partial charge on any atom is 0.308 e. The van der Waals surface area contributed by atoms with E-state index in [1.165, 1.54) is 18.9 Å². The van der Waals surface area contributed by atoms with Crippen LogP contribution in [0.5, 0.6) is 34.5 Å². The molecule has 1 saturated heterocycles. The second-order valence-corrected chi connectivity index (χ2v) is 13.2. The summed E-state index contributed by atoms with van der Waals surface area (Å²) in [6.07, 6.45) is 0.467. The van der Waals surface area contributed by atoms with Crippen molar-refractivity contribution in [2.45, 2.75) is 63.8 Å². The number of benzene rings is 3. The Bertz CT molecular complexity index is 2020. The summed E-state index contributed by atoms with van der Waals surface area (Å²) in [5, 5.41) is 34.1. The molecule has 13 nitrogen and oxygen atoms in total. The molecule has 0 aliphatic carbocycles. The highest BCUT2D eigenvalue weighted by molar-refractivity contribution is 6.21. The highest BCUT2D eigenvalue weighted by Gasteiger charge is 2.58. The maximum atomic E-state index is 13.8. The van der Waals surface area contributed by atoms with Crippen LogP contribution in [-0.2, 0) is 17.6 Å². The van der Waals surface area contributed by atoms with Gasteiger partial charge in [-0.25, -0.2) is 0 Å². The molecule has 0 spiro atoms. The van der Waals surface area contributed by atoms with Crippen molar-refractivity contribution >= 4 is 17.8 Å². The van der Waals surface area contributed by atoms with Crippen molar-refractivity contribution in [3.05, 3.63) is 68.8 Å².